The summed E-state index contributed by atoms with van der Waals surface area (Å²) in [6.07, 6.45) is 6.17. The van der Waals surface area contributed by atoms with Crippen molar-refractivity contribution < 1.29 is 14.2 Å². The molecule has 0 spiro atoms. The monoisotopic (exact) mass is 427 g/mol. The molecule has 0 radical (unpaired) electrons. The summed E-state index contributed by atoms with van der Waals surface area (Å²) < 4.78 is 16.6. The molecule has 2 fully saturated rings. The van der Waals surface area contributed by atoms with Gasteiger partial charge in [0, 0.05) is 40.0 Å². The molecule has 0 bridgehead atoms. The average molecular weight is 427 g/mol. The Hall–Kier alpha value is -0.120. The molecule has 22 heavy (non-hydrogen) atoms. The van der Waals surface area contributed by atoms with Crippen molar-refractivity contribution >= 4 is 29.9 Å². The van der Waals surface area contributed by atoms with Gasteiger partial charge in [0.25, 0.3) is 0 Å². The largest absolute Gasteiger partial charge is 0.379 e. The summed E-state index contributed by atoms with van der Waals surface area (Å²) in [5.74, 6) is 0.859. The van der Waals surface area contributed by atoms with Crippen LogP contribution in [0.3, 0.4) is 0 Å². The van der Waals surface area contributed by atoms with Gasteiger partial charge in [0.1, 0.15) is 0 Å². The van der Waals surface area contributed by atoms with Gasteiger partial charge in [-0.05, 0) is 32.1 Å². The van der Waals surface area contributed by atoms with Crippen LogP contribution in [0.15, 0.2) is 4.99 Å². The minimum atomic E-state index is 0. The van der Waals surface area contributed by atoms with Crippen LogP contribution in [0.4, 0.5) is 0 Å². The zero-order valence-corrected chi connectivity index (χ0v) is 15.8. The van der Waals surface area contributed by atoms with Gasteiger partial charge in [-0.3, -0.25) is 4.99 Å². The number of nitrogens with zero attached hydrogens (tertiary/aromatic N) is 1. The highest BCUT2D eigenvalue weighted by molar-refractivity contribution is 14.0. The first-order valence-electron chi connectivity index (χ1n) is 8.14. The standard InChI is InChI=1S/C15H29N3O3.HI/c1-16-15(18-8-5-13-4-2-9-20-13)17-7-3-10-21-14-6-11-19-12-14;/h13-14H,2-12H2,1H3,(H2,16,17,18);1H. The Morgan fingerprint density at radius 3 is 2.77 bits per heavy atom. The van der Waals surface area contributed by atoms with Gasteiger partial charge in [0.05, 0.1) is 18.8 Å². The van der Waals surface area contributed by atoms with Gasteiger partial charge in [-0.1, -0.05) is 0 Å². The predicted molar refractivity (Wildman–Crippen MR) is 98.2 cm³/mol. The highest BCUT2D eigenvalue weighted by Gasteiger charge is 2.16. The van der Waals surface area contributed by atoms with Crippen molar-refractivity contribution in [1.29, 1.82) is 0 Å². The zero-order valence-electron chi connectivity index (χ0n) is 13.5. The molecule has 7 heteroatoms. The third-order valence-corrected chi connectivity index (χ3v) is 3.86. The van der Waals surface area contributed by atoms with E-state index in [0.29, 0.717) is 12.2 Å². The van der Waals surface area contributed by atoms with Crippen LogP contribution in [-0.4, -0.2) is 64.7 Å². The second-order valence-electron chi connectivity index (χ2n) is 5.56. The van der Waals surface area contributed by atoms with E-state index in [1.165, 1.54) is 12.8 Å². The minimum absolute atomic E-state index is 0. The van der Waals surface area contributed by atoms with E-state index >= 15 is 0 Å². The van der Waals surface area contributed by atoms with Crippen molar-refractivity contribution in [2.75, 3.05) is 46.6 Å². The van der Waals surface area contributed by atoms with E-state index in [2.05, 4.69) is 15.6 Å². The quantitative estimate of drug-likeness (QED) is 0.266. The Bertz CT molecular complexity index is 306. The lowest BCUT2D eigenvalue weighted by atomic mass is 10.2. The first-order valence-corrected chi connectivity index (χ1v) is 8.14. The van der Waals surface area contributed by atoms with Gasteiger partial charge in [0.15, 0.2) is 5.96 Å². The van der Waals surface area contributed by atoms with E-state index in [0.717, 1.165) is 64.7 Å². The van der Waals surface area contributed by atoms with Gasteiger partial charge in [-0.25, -0.2) is 0 Å². The van der Waals surface area contributed by atoms with Gasteiger partial charge < -0.3 is 24.8 Å². The number of ether oxygens (including phenoxy) is 3. The zero-order chi connectivity index (χ0) is 14.8. The van der Waals surface area contributed by atoms with E-state index in [-0.39, 0.29) is 24.0 Å². The summed E-state index contributed by atoms with van der Waals surface area (Å²) in [6.45, 7) is 5.05. The minimum Gasteiger partial charge on any atom is -0.379 e. The first-order chi connectivity index (χ1) is 10.4. The third-order valence-electron chi connectivity index (χ3n) is 3.86. The van der Waals surface area contributed by atoms with Crippen molar-refractivity contribution in [3.63, 3.8) is 0 Å². The van der Waals surface area contributed by atoms with Crippen LogP contribution in [0.1, 0.15) is 32.1 Å². The van der Waals surface area contributed by atoms with E-state index < -0.39 is 0 Å². The van der Waals surface area contributed by atoms with Crippen LogP contribution in [-0.2, 0) is 14.2 Å². The Kier molecular flexibility index (Phi) is 11.2. The van der Waals surface area contributed by atoms with E-state index in [1.807, 2.05) is 0 Å². The van der Waals surface area contributed by atoms with Crippen molar-refractivity contribution in [3.05, 3.63) is 0 Å². The first kappa shape index (κ1) is 19.9. The molecule has 2 heterocycles. The maximum absolute atomic E-state index is 5.73. The molecule has 0 aromatic rings. The van der Waals surface area contributed by atoms with Crippen LogP contribution < -0.4 is 10.6 Å². The third kappa shape index (κ3) is 7.94. The molecule has 2 rings (SSSR count). The van der Waals surface area contributed by atoms with Crippen molar-refractivity contribution in [2.24, 2.45) is 4.99 Å². The summed E-state index contributed by atoms with van der Waals surface area (Å²) in [6, 6.07) is 0. The number of rotatable bonds is 8. The molecule has 0 saturated carbocycles. The van der Waals surface area contributed by atoms with Crippen LogP contribution >= 0.6 is 24.0 Å². The van der Waals surface area contributed by atoms with E-state index in [4.69, 9.17) is 14.2 Å². The molecule has 2 aliphatic heterocycles. The van der Waals surface area contributed by atoms with Crippen LogP contribution in [0.25, 0.3) is 0 Å². The number of hydrogen-bond acceptors (Lipinski definition) is 4. The SMILES string of the molecule is CN=C(NCCCOC1CCOC1)NCCC1CCCO1.I. The summed E-state index contributed by atoms with van der Waals surface area (Å²) in [5.41, 5.74) is 0. The molecule has 2 aliphatic rings. The Morgan fingerprint density at radius 1 is 1.23 bits per heavy atom. The topological polar surface area (TPSA) is 64.1 Å². The molecular weight excluding hydrogens is 397 g/mol. The molecule has 2 atom stereocenters. The lowest BCUT2D eigenvalue weighted by Crippen LogP contribution is -2.39. The molecule has 0 aromatic carbocycles. The maximum Gasteiger partial charge on any atom is 0.190 e. The maximum atomic E-state index is 5.73. The molecule has 2 N–H and O–H groups in total. The Morgan fingerprint density at radius 2 is 2.09 bits per heavy atom. The Balaban J connectivity index is 0.00000242. The van der Waals surface area contributed by atoms with Crippen LogP contribution in [0.2, 0.25) is 0 Å². The molecule has 0 aliphatic carbocycles. The summed E-state index contributed by atoms with van der Waals surface area (Å²) >= 11 is 0. The molecule has 130 valence electrons. The molecule has 6 nitrogen and oxygen atoms in total. The number of aliphatic imine (C=N–C) groups is 1. The van der Waals surface area contributed by atoms with Gasteiger partial charge in [-0.15, -0.1) is 24.0 Å². The smallest absolute Gasteiger partial charge is 0.190 e. The number of hydrogen-bond donors (Lipinski definition) is 2. The highest BCUT2D eigenvalue weighted by Crippen LogP contribution is 2.14. The molecule has 0 amide bonds. The molecule has 2 unspecified atom stereocenters. The fourth-order valence-corrected chi connectivity index (χ4v) is 2.62. The van der Waals surface area contributed by atoms with Crippen molar-refractivity contribution in [3.8, 4) is 0 Å². The number of halogens is 1. The summed E-state index contributed by atoms with van der Waals surface area (Å²) in [5, 5.41) is 6.63. The number of nitrogens with one attached hydrogen (secondary N) is 2. The van der Waals surface area contributed by atoms with E-state index in [9.17, 15) is 0 Å². The fraction of sp³-hybridized carbons (Fsp3) is 0.933. The second-order valence-corrected chi connectivity index (χ2v) is 5.56. The van der Waals surface area contributed by atoms with Gasteiger partial charge in [0.2, 0.25) is 0 Å². The van der Waals surface area contributed by atoms with Crippen molar-refractivity contribution in [2.45, 2.75) is 44.3 Å². The molecular formula is C15H30IN3O3. The highest BCUT2D eigenvalue weighted by atomic mass is 127. The average Bonchev–Trinajstić information content (AvgIpc) is 3.18. The summed E-state index contributed by atoms with van der Waals surface area (Å²) in [4.78, 5) is 4.22. The Labute approximate surface area is 150 Å². The van der Waals surface area contributed by atoms with Crippen LogP contribution in [0, 0.1) is 0 Å². The lowest BCUT2D eigenvalue weighted by Gasteiger charge is -2.14. The normalized spacial score (nSPS) is 25.0. The van der Waals surface area contributed by atoms with Gasteiger partial charge in [-0.2, -0.15) is 0 Å². The van der Waals surface area contributed by atoms with Crippen molar-refractivity contribution in [1.82, 2.24) is 10.6 Å². The second kappa shape index (κ2) is 12.3. The van der Waals surface area contributed by atoms with Crippen LogP contribution in [0.5, 0.6) is 0 Å². The fourth-order valence-electron chi connectivity index (χ4n) is 2.62. The predicted octanol–water partition coefficient (Wildman–Crippen LogP) is 1.53. The molecule has 2 saturated heterocycles. The summed E-state index contributed by atoms with van der Waals surface area (Å²) in [7, 11) is 1.80. The lowest BCUT2D eigenvalue weighted by molar-refractivity contribution is 0.0420. The van der Waals surface area contributed by atoms with E-state index in [1.54, 1.807) is 7.05 Å². The van der Waals surface area contributed by atoms with Gasteiger partial charge >= 0.3 is 0 Å². The molecule has 0 aromatic heterocycles. The number of guanidine groups is 1.